The average molecular weight is 174 g/mol. The summed E-state index contributed by atoms with van der Waals surface area (Å²) in [7, 11) is 0. The molecule has 0 aliphatic rings. The molecule has 2 nitrogen and oxygen atoms in total. The summed E-state index contributed by atoms with van der Waals surface area (Å²) in [5.74, 6) is 0.0339. The molecular formula is C10H22O2. The van der Waals surface area contributed by atoms with Crippen molar-refractivity contribution < 1.29 is 10.2 Å². The normalized spacial score (nSPS) is 16.0. The van der Waals surface area contributed by atoms with Crippen LogP contribution in [-0.4, -0.2) is 22.9 Å². The van der Waals surface area contributed by atoms with Crippen molar-refractivity contribution in [3.63, 3.8) is 0 Å². The van der Waals surface area contributed by atoms with Gasteiger partial charge in [-0.2, -0.15) is 0 Å². The Morgan fingerprint density at radius 1 is 1.17 bits per heavy atom. The van der Waals surface area contributed by atoms with Crippen molar-refractivity contribution in [1.29, 1.82) is 0 Å². The van der Waals surface area contributed by atoms with Gasteiger partial charge >= 0.3 is 0 Å². The fourth-order valence-corrected chi connectivity index (χ4v) is 1.19. The van der Waals surface area contributed by atoms with Crippen LogP contribution >= 0.6 is 0 Å². The molecule has 0 spiro atoms. The predicted octanol–water partition coefficient (Wildman–Crippen LogP) is 1.95. The van der Waals surface area contributed by atoms with Crippen LogP contribution in [0.4, 0.5) is 0 Å². The molecule has 2 heteroatoms. The highest BCUT2D eigenvalue weighted by atomic mass is 16.3. The zero-order valence-corrected chi connectivity index (χ0v) is 8.29. The van der Waals surface area contributed by atoms with Gasteiger partial charge in [0.25, 0.3) is 0 Å². The lowest BCUT2D eigenvalue weighted by Crippen LogP contribution is -2.20. The minimum atomic E-state index is -0.313. The molecule has 0 bridgehead atoms. The Balaban J connectivity index is 3.24. The van der Waals surface area contributed by atoms with E-state index in [2.05, 4.69) is 6.92 Å². The standard InChI is InChI=1S/C10H22O2/c1-3-4-5-6-7-10(12)9(2)8-11/h9-12H,3-8H2,1-2H3/t9-,10+/m0/s1. The Hall–Kier alpha value is -0.0800. The van der Waals surface area contributed by atoms with E-state index in [1.54, 1.807) is 0 Å². The molecule has 0 amide bonds. The number of aliphatic hydroxyl groups excluding tert-OH is 2. The van der Waals surface area contributed by atoms with Gasteiger partial charge in [-0.25, -0.2) is 0 Å². The summed E-state index contributed by atoms with van der Waals surface area (Å²) >= 11 is 0. The van der Waals surface area contributed by atoms with Crippen LogP contribution in [0.1, 0.15) is 46.0 Å². The van der Waals surface area contributed by atoms with E-state index in [0.717, 1.165) is 12.8 Å². The second-order valence-electron chi connectivity index (χ2n) is 3.58. The number of aliphatic hydroxyl groups is 2. The number of hydrogen-bond acceptors (Lipinski definition) is 2. The van der Waals surface area contributed by atoms with E-state index >= 15 is 0 Å². The summed E-state index contributed by atoms with van der Waals surface area (Å²) in [6.07, 6.45) is 5.28. The van der Waals surface area contributed by atoms with E-state index in [0.29, 0.717) is 0 Å². The molecule has 0 saturated carbocycles. The van der Waals surface area contributed by atoms with E-state index < -0.39 is 0 Å². The summed E-state index contributed by atoms with van der Waals surface area (Å²) in [6.45, 7) is 4.15. The first-order chi connectivity index (χ1) is 5.72. The van der Waals surface area contributed by atoms with Crippen LogP contribution in [0.25, 0.3) is 0 Å². The molecule has 0 aliphatic heterocycles. The SMILES string of the molecule is CCCCCC[C@@H](O)[C@@H](C)CO. The predicted molar refractivity (Wildman–Crippen MR) is 51.0 cm³/mol. The average Bonchev–Trinajstić information content (AvgIpc) is 2.10. The quantitative estimate of drug-likeness (QED) is 0.579. The van der Waals surface area contributed by atoms with Gasteiger partial charge in [0.15, 0.2) is 0 Å². The minimum absolute atomic E-state index is 0.0339. The maximum atomic E-state index is 9.46. The van der Waals surface area contributed by atoms with Crippen LogP contribution in [0.2, 0.25) is 0 Å². The lowest BCUT2D eigenvalue weighted by Gasteiger charge is -2.15. The second-order valence-corrected chi connectivity index (χ2v) is 3.58. The first-order valence-corrected chi connectivity index (χ1v) is 5.01. The largest absolute Gasteiger partial charge is 0.396 e. The molecule has 0 aromatic rings. The molecule has 2 N–H and O–H groups in total. The summed E-state index contributed by atoms with van der Waals surface area (Å²) in [4.78, 5) is 0. The number of hydrogen-bond donors (Lipinski definition) is 2. The molecule has 2 atom stereocenters. The van der Waals surface area contributed by atoms with Crippen molar-refractivity contribution >= 4 is 0 Å². The molecule has 0 rings (SSSR count). The van der Waals surface area contributed by atoms with E-state index in [1.807, 2.05) is 6.92 Å². The van der Waals surface area contributed by atoms with Gasteiger partial charge in [-0.15, -0.1) is 0 Å². The van der Waals surface area contributed by atoms with Gasteiger partial charge in [-0.05, 0) is 6.42 Å². The fourth-order valence-electron chi connectivity index (χ4n) is 1.19. The van der Waals surface area contributed by atoms with Crippen LogP contribution in [0.5, 0.6) is 0 Å². The topological polar surface area (TPSA) is 40.5 Å². The molecule has 0 aromatic carbocycles. The lowest BCUT2D eigenvalue weighted by molar-refractivity contribution is 0.0685. The Kier molecular flexibility index (Phi) is 7.51. The van der Waals surface area contributed by atoms with Crippen LogP contribution in [0.3, 0.4) is 0 Å². The summed E-state index contributed by atoms with van der Waals surface area (Å²) in [5, 5.41) is 18.2. The van der Waals surface area contributed by atoms with Crippen LogP contribution < -0.4 is 0 Å². The van der Waals surface area contributed by atoms with E-state index in [1.165, 1.54) is 19.3 Å². The van der Waals surface area contributed by atoms with Crippen molar-refractivity contribution in [2.24, 2.45) is 5.92 Å². The maximum Gasteiger partial charge on any atom is 0.0587 e. The molecule has 0 saturated heterocycles. The molecule has 0 aliphatic carbocycles. The third kappa shape index (κ3) is 5.56. The van der Waals surface area contributed by atoms with Crippen LogP contribution in [0, 0.1) is 5.92 Å². The maximum absolute atomic E-state index is 9.46. The molecule has 0 radical (unpaired) electrons. The summed E-state index contributed by atoms with van der Waals surface area (Å²) < 4.78 is 0. The number of rotatable bonds is 7. The highest BCUT2D eigenvalue weighted by molar-refractivity contribution is 4.62. The Morgan fingerprint density at radius 2 is 1.83 bits per heavy atom. The van der Waals surface area contributed by atoms with Gasteiger partial charge in [0.05, 0.1) is 6.10 Å². The first-order valence-electron chi connectivity index (χ1n) is 5.01. The molecule has 0 fully saturated rings. The van der Waals surface area contributed by atoms with Gasteiger partial charge in [0.1, 0.15) is 0 Å². The summed E-state index contributed by atoms with van der Waals surface area (Å²) in [5.41, 5.74) is 0. The van der Waals surface area contributed by atoms with E-state index in [4.69, 9.17) is 5.11 Å². The van der Waals surface area contributed by atoms with Gasteiger partial charge < -0.3 is 10.2 Å². The zero-order chi connectivity index (χ0) is 9.40. The third-order valence-corrected chi connectivity index (χ3v) is 2.30. The van der Waals surface area contributed by atoms with Crippen LogP contribution in [0.15, 0.2) is 0 Å². The summed E-state index contributed by atoms with van der Waals surface area (Å²) in [6, 6.07) is 0. The third-order valence-electron chi connectivity index (χ3n) is 2.30. The lowest BCUT2D eigenvalue weighted by atomic mass is 10.00. The van der Waals surface area contributed by atoms with Gasteiger partial charge in [0.2, 0.25) is 0 Å². The number of unbranched alkanes of at least 4 members (excludes halogenated alkanes) is 3. The Bertz CT molecular complexity index is 93.8. The first kappa shape index (κ1) is 11.9. The smallest absolute Gasteiger partial charge is 0.0587 e. The van der Waals surface area contributed by atoms with Crippen molar-refractivity contribution in [3.8, 4) is 0 Å². The van der Waals surface area contributed by atoms with Crippen molar-refractivity contribution in [3.05, 3.63) is 0 Å². The van der Waals surface area contributed by atoms with Gasteiger partial charge in [-0.3, -0.25) is 0 Å². The second kappa shape index (κ2) is 7.56. The Morgan fingerprint density at radius 3 is 2.33 bits per heavy atom. The highest BCUT2D eigenvalue weighted by Crippen LogP contribution is 2.11. The van der Waals surface area contributed by atoms with Crippen molar-refractivity contribution in [1.82, 2.24) is 0 Å². The molecule has 0 heterocycles. The molecule has 0 unspecified atom stereocenters. The minimum Gasteiger partial charge on any atom is -0.396 e. The zero-order valence-electron chi connectivity index (χ0n) is 8.29. The fraction of sp³-hybridized carbons (Fsp3) is 1.00. The van der Waals surface area contributed by atoms with Crippen LogP contribution in [-0.2, 0) is 0 Å². The van der Waals surface area contributed by atoms with Crippen molar-refractivity contribution in [2.75, 3.05) is 6.61 Å². The Labute approximate surface area is 75.6 Å². The molecular weight excluding hydrogens is 152 g/mol. The van der Waals surface area contributed by atoms with E-state index in [-0.39, 0.29) is 18.6 Å². The highest BCUT2D eigenvalue weighted by Gasteiger charge is 2.11. The van der Waals surface area contributed by atoms with E-state index in [9.17, 15) is 5.11 Å². The van der Waals surface area contributed by atoms with Crippen molar-refractivity contribution in [2.45, 2.75) is 52.1 Å². The molecule has 74 valence electrons. The molecule has 0 aromatic heterocycles. The van der Waals surface area contributed by atoms with Gasteiger partial charge in [-0.1, -0.05) is 39.5 Å². The van der Waals surface area contributed by atoms with Gasteiger partial charge in [0, 0.05) is 12.5 Å². The molecule has 12 heavy (non-hydrogen) atoms. The monoisotopic (exact) mass is 174 g/mol.